The minimum absolute atomic E-state index is 0.142. The van der Waals surface area contributed by atoms with E-state index in [1.165, 1.54) is 37.3 Å². The maximum absolute atomic E-state index is 13.5. The van der Waals surface area contributed by atoms with Gasteiger partial charge in [0, 0.05) is 38.1 Å². The number of carbonyl (C=O) groups is 1. The number of hydrogen-bond donors (Lipinski definition) is 1. The first-order chi connectivity index (χ1) is 13.4. The second-order valence-corrected chi connectivity index (χ2v) is 10.1. The van der Waals surface area contributed by atoms with Crippen molar-refractivity contribution in [2.45, 2.75) is 69.4 Å². The molecule has 7 heteroatoms. The SMILES string of the molecule is O=C(N1CCC(F)(F)C1)N1CCC[C@H]1C1CCN(C2CC3(CCNC3)C2)CC1. The van der Waals surface area contributed by atoms with Crippen LogP contribution in [0.1, 0.15) is 51.4 Å². The number of nitrogens with one attached hydrogen (secondary N) is 1. The molecule has 1 aliphatic carbocycles. The topological polar surface area (TPSA) is 38.8 Å². The molecule has 1 saturated carbocycles. The third-order valence-electron chi connectivity index (χ3n) is 8.29. The molecule has 1 atom stereocenters. The van der Waals surface area contributed by atoms with Gasteiger partial charge in [0.05, 0.1) is 6.54 Å². The van der Waals surface area contributed by atoms with E-state index in [4.69, 9.17) is 0 Å². The molecule has 2 amide bonds. The smallest absolute Gasteiger partial charge is 0.320 e. The van der Waals surface area contributed by atoms with Crippen LogP contribution in [0.5, 0.6) is 0 Å². The van der Waals surface area contributed by atoms with E-state index in [1.54, 1.807) is 0 Å². The Bertz CT molecular complexity index is 593. The Hall–Kier alpha value is -0.950. The van der Waals surface area contributed by atoms with Gasteiger partial charge in [-0.05, 0) is 75.9 Å². The molecule has 0 bridgehead atoms. The molecule has 28 heavy (non-hydrogen) atoms. The number of carbonyl (C=O) groups excluding carboxylic acids is 1. The molecule has 5 nitrogen and oxygen atoms in total. The number of likely N-dealkylation sites (tertiary alicyclic amines) is 3. The average molecular weight is 397 g/mol. The van der Waals surface area contributed by atoms with Gasteiger partial charge in [-0.15, -0.1) is 0 Å². The molecular weight excluding hydrogens is 362 g/mol. The maximum Gasteiger partial charge on any atom is 0.320 e. The maximum atomic E-state index is 13.5. The summed E-state index contributed by atoms with van der Waals surface area (Å²) in [5.74, 6) is -2.17. The van der Waals surface area contributed by atoms with Crippen molar-refractivity contribution in [2.24, 2.45) is 11.3 Å². The first-order valence-corrected chi connectivity index (χ1v) is 11.3. The lowest BCUT2D eigenvalue weighted by molar-refractivity contribution is -0.0103. The van der Waals surface area contributed by atoms with Gasteiger partial charge < -0.3 is 20.0 Å². The van der Waals surface area contributed by atoms with E-state index in [0.29, 0.717) is 11.3 Å². The number of amides is 2. The van der Waals surface area contributed by atoms with Crippen LogP contribution in [0.25, 0.3) is 0 Å². The summed E-state index contributed by atoms with van der Waals surface area (Å²) in [7, 11) is 0. The zero-order valence-corrected chi connectivity index (χ0v) is 16.8. The van der Waals surface area contributed by atoms with Crippen molar-refractivity contribution < 1.29 is 13.6 Å². The molecule has 5 rings (SSSR count). The van der Waals surface area contributed by atoms with E-state index in [2.05, 4.69) is 10.2 Å². The largest absolute Gasteiger partial charge is 0.321 e. The van der Waals surface area contributed by atoms with Crippen molar-refractivity contribution in [2.75, 3.05) is 45.8 Å². The first-order valence-electron chi connectivity index (χ1n) is 11.3. The molecule has 0 unspecified atom stereocenters. The van der Waals surface area contributed by atoms with Crippen molar-refractivity contribution in [3.63, 3.8) is 0 Å². The third kappa shape index (κ3) is 3.42. The van der Waals surface area contributed by atoms with E-state index in [0.717, 1.165) is 51.4 Å². The van der Waals surface area contributed by atoms with Crippen molar-refractivity contribution >= 4 is 6.03 Å². The van der Waals surface area contributed by atoms with Crippen molar-refractivity contribution in [3.8, 4) is 0 Å². The molecule has 4 heterocycles. The molecule has 4 aliphatic heterocycles. The molecule has 0 aromatic carbocycles. The van der Waals surface area contributed by atoms with Gasteiger partial charge in [-0.25, -0.2) is 13.6 Å². The van der Waals surface area contributed by atoms with Crippen LogP contribution in [0.2, 0.25) is 0 Å². The zero-order valence-electron chi connectivity index (χ0n) is 16.8. The monoisotopic (exact) mass is 396 g/mol. The fourth-order valence-corrected chi connectivity index (χ4v) is 6.61. The van der Waals surface area contributed by atoms with Crippen LogP contribution in [-0.2, 0) is 0 Å². The van der Waals surface area contributed by atoms with Crippen LogP contribution in [-0.4, -0.2) is 84.6 Å². The van der Waals surface area contributed by atoms with E-state index in [-0.39, 0.29) is 25.0 Å². The van der Waals surface area contributed by atoms with Gasteiger partial charge in [-0.3, -0.25) is 0 Å². The highest BCUT2D eigenvalue weighted by Gasteiger charge is 2.49. The predicted octanol–water partition coefficient (Wildman–Crippen LogP) is 2.77. The molecule has 4 saturated heterocycles. The summed E-state index contributed by atoms with van der Waals surface area (Å²) in [6.45, 7) is 5.21. The summed E-state index contributed by atoms with van der Waals surface area (Å²) in [6, 6.07) is 0.876. The molecule has 5 aliphatic rings. The lowest BCUT2D eigenvalue weighted by Crippen LogP contribution is -2.55. The van der Waals surface area contributed by atoms with Gasteiger partial charge in [0.2, 0.25) is 0 Å². The number of hydrogen-bond acceptors (Lipinski definition) is 3. The summed E-state index contributed by atoms with van der Waals surface area (Å²) in [6.07, 6.45) is 8.20. The lowest BCUT2D eigenvalue weighted by atomic mass is 9.64. The van der Waals surface area contributed by atoms with Crippen LogP contribution < -0.4 is 5.32 Å². The summed E-state index contributed by atoms with van der Waals surface area (Å²) in [5.41, 5.74) is 0.591. The minimum atomic E-state index is -2.70. The van der Waals surface area contributed by atoms with Gasteiger partial charge >= 0.3 is 6.03 Å². The normalized spacial score (nSPS) is 39.1. The van der Waals surface area contributed by atoms with Crippen LogP contribution >= 0.6 is 0 Å². The van der Waals surface area contributed by atoms with E-state index >= 15 is 0 Å². The number of alkyl halides is 2. The van der Waals surface area contributed by atoms with Crippen molar-refractivity contribution in [1.82, 2.24) is 20.0 Å². The molecule has 0 aromatic heterocycles. The summed E-state index contributed by atoms with van der Waals surface area (Å²) in [5, 5.41) is 3.52. The molecule has 0 aromatic rings. The van der Waals surface area contributed by atoms with Crippen LogP contribution in [0, 0.1) is 11.3 Å². The quantitative estimate of drug-likeness (QED) is 0.780. The second kappa shape index (κ2) is 7.08. The van der Waals surface area contributed by atoms with Gasteiger partial charge in [0.1, 0.15) is 0 Å². The third-order valence-corrected chi connectivity index (χ3v) is 8.29. The highest BCUT2D eigenvalue weighted by molar-refractivity contribution is 5.75. The fraction of sp³-hybridized carbons (Fsp3) is 0.952. The molecule has 0 radical (unpaired) electrons. The van der Waals surface area contributed by atoms with Crippen molar-refractivity contribution in [3.05, 3.63) is 0 Å². The number of nitrogens with zero attached hydrogens (tertiary/aromatic N) is 3. The Morgan fingerprint density at radius 2 is 1.79 bits per heavy atom. The van der Waals surface area contributed by atoms with Gasteiger partial charge in [0.15, 0.2) is 0 Å². The first kappa shape index (κ1) is 19.0. The standard InChI is InChI=1S/C21H34F2N4O/c22-21(23)6-11-26(15-21)19(28)27-8-1-2-18(27)16-3-9-25(10-4-16)17-12-20(13-17)5-7-24-14-20/h16-18,24H,1-15H2/t17?,18-,20?/m0/s1. The Morgan fingerprint density at radius 1 is 1.00 bits per heavy atom. The summed E-state index contributed by atoms with van der Waals surface area (Å²) >= 11 is 0. The Balaban J connectivity index is 1.13. The minimum Gasteiger partial charge on any atom is -0.321 e. The van der Waals surface area contributed by atoms with Gasteiger partial charge in [-0.2, -0.15) is 0 Å². The van der Waals surface area contributed by atoms with E-state index in [9.17, 15) is 13.6 Å². The van der Waals surface area contributed by atoms with Gasteiger partial charge in [0.25, 0.3) is 5.92 Å². The van der Waals surface area contributed by atoms with E-state index in [1.807, 2.05) is 4.90 Å². The van der Waals surface area contributed by atoms with Crippen LogP contribution in [0.4, 0.5) is 13.6 Å². The van der Waals surface area contributed by atoms with Crippen molar-refractivity contribution in [1.29, 1.82) is 0 Å². The number of rotatable bonds is 2. The number of piperidine rings is 1. The number of urea groups is 1. The Morgan fingerprint density at radius 3 is 2.43 bits per heavy atom. The van der Waals surface area contributed by atoms with E-state index < -0.39 is 12.5 Å². The highest BCUT2D eigenvalue weighted by Crippen LogP contribution is 2.48. The summed E-state index contributed by atoms with van der Waals surface area (Å²) in [4.78, 5) is 18.9. The molecular formula is C21H34F2N4O. The molecule has 1 spiro atoms. The molecule has 5 fully saturated rings. The fourth-order valence-electron chi connectivity index (χ4n) is 6.61. The predicted molar refractivity (Wildman–Crippen MR) is 103 cm³/mol. The molecule has 1 N–H and O–H groups in total. The Labute approximate surface area is 166 Å². The average Bonchev–Trinajstić information content (AvgIpc) is 3.39. The summed E-state index contributed by atoms with van der Waals surface area (Å²) < 4.78 is 27.1. The second-order valence-electron chi connectivity index (χ2n) is 10.1. The lowest BCUT2D eigenvalue weighted by Gasteiger charge is -2.52. The highest BCUT2D eigenvalue weighted by atomic mass is 19.3. The zero-order chi connectivity index (χ0) is 19.4. The van der Waals surface area contributed by atoms with Gasteiger partial charge in [-0.1, -0.05) is 0 Å². The van der Waals surface area contributed by atoms with Crippen LogP contribution in [0.15, 0.2) is 0 Å². The molecule has 158 valence electrons. The number of halogens is 2. The Kier molecular flexibility index (Phi) is 4.81. The van der Waals surface area contributed by atoms with Crippen LogP contribution in [0.3, 0.4) is 0 Å².